The fourth-order valence-corrected chi connectivity index (χ4v) is 2.58. The van der Waals surface area contributed by atoms with Crippen LogP contribution in [0.2, 0.25) is 0 Å². The van der Waals surface area contributed by atoms with Crippen LogP contribution in [0.15, 0.2) is 0 Å². The Kier molecular flexibility index (Phi) is 6.50. The minimum atomic E-state index is 0.270. The van der Waals surface area contributed by atoms with Gasteiger partial charge >= 0.3 is 0 Å². The molecule has 0 aromatic carbocycles. The van der Waals surface area contributed by atoms with E-state index in [9.17, 15) is 0 Å². The van der Waals surface area contributed by atoms with Crippen LogP contribution in [0.4, 0.5) is 0 Å². The molecule has 0 aromatic heterocycles. The summed E-state index contributed by atoms with van der Waals surface area (Å²) in [5.74, 6) is 0. The van der Waals surface area contributed by atoms with Gasteiger partial charge in [0.2, 0.25) is 0 Å². The molecule has 1 aliphatic heterocycles. The second-order valence-electron chi connectivity index (χ2n) is 6.62. The third-order valence-corrected chi connectivity index (χ3v) is 3.72. The first-order valence-electron chi connectivity index (χ1n) is 7.48. The second kappa shape index (κ2) is 7.38. The SMILES string of the molecule is CC(CCCNC(C)(C)C)N1CCCCCC1. The third-order valence-electron chi connectivity index (χ3n) is 3.72. The predicted octanol–water partition coefficient (Wildman–Crippen LogP) is 3.42. The summed E-state index contributed by atoms with van der Waals surface area (Å²) in [7, 11) is 0. The van der Waals surface area contributed by atoms with E-state index in [1.54, 1.807) is 0 Å². The van der Waals surface area contributed by atoms with Crippen molar-refractivity contribution in [3.63, 3.8) is 0 Å². The maximum absolute atomic E-state index is 3.57. The summed E-state index contributed by atoms with van der Waals surface area (Å²) < 4.78 is 0. The topological polar surface area (TPSA) is 15.3 Å². The van der Waals surface area contributed by atoms with Crippen molar-refractivity contribution in [3.8, 4) is 0 Å². The van der Waals surface area contributed by atoms with E-state index in [1.165, 1.54) is 51.6 Å². The van der Waals surface area contributed by atoms with Crippen LogP contribution in [-0.4, -0.2) is 36.1 Å². The molecule has 0 amide bonds. The number of rotatable bonds is 5. The molecule has 0 saturated carbocycles. The molecule has 1 heterocycles. The lowest BCUT2D eigenvalue weighted by Crippen LogP contribution is -2.38. The summed E-state index contributed by atoms with van der Waals surface area (Å²) in [5.41, 5.74) is 0.270. The number of likely N-dealkylation sites (tertiary alicyclic amines) is 1. The minimum absolute atomic E-state index is 0.270. The van der Waals surface area contributed by atoms with Gasteiger partial charge in [-0.3, -0.25) is 0 Å². The van der Waals surface area contributed by atoms with Crippen molar-refractivity contribution in [2.75, 3.05) is 19.6 Å². The van der Waals surface area contributed by atoms with Crippen LogP contribution in [0.3, 0.4) is 0 Å². The molecule has 1 fully saturated rings. The fourth-order valence-electron chi connectivity index (χ4n) is 2.58. The van der Waals surface area contributed by atoms with Crippen LogP contribution in [-0.2, 0) is 0 Å². The van der Waals surface area contributed by atoms with Crippen LogP contribution in [0.25, 0.3) is 0 Å². The summed E-state index contributed by atoms with van der Waals surface area (Å²) in [6.07, 6.45) is 8.33. The van der Waals surface area contributed by atoms with E-state index in [-0.39, 0.29) is 5.54 Å². The van der Waals surface area contributed by atoms with Gasteiger partial charge in [-0.05, 0) is 73.0 Å². The quantitative estimate of drug-likeness (QED) is 0.741. The Morgan fingerprint density at radius 1 is 1.06 bits per heavy atom. The van der Waals surface area contributed by atoms with Crippen LogP contribution < -0.4 is 5.32 Å². The zero-order valence-corrected chi connectivity index (χ0v) is 12.4. The Labute approximate surface area is 108 Å². The van der Waals surface area contributed by atoms with Gasteiger partial charge in [-0.25, -0.2) is 0 Å². The van der Waals surface area contributed by atoms with Gasteiger partial charge in [-0.1, -0.05) is 12.8 Å². The molecule has 1 N–H and O–H groups in total. The normalized spacial score (nSPS) is 21.2. The van der Waals surface area contributed by atoms with Crippen molar-refractivity contribution in [2.24, 2.45) is 0 Å². The lowest BCUT2D eigenvalue weighted by molar-refractivity contribution is 0.203. The van der Waals surface area contributed by atoms with Crippen molar-refractivity contribution in [1.29, 1.82) is 0 Å². The maximum atomic E-state index is 3.57. The molecule has 0 spiro atoms. The molecule has 1 rings (SSSR count). The highest BCUT2D eigenvalue weighted by Crippen LogP contribution is 2.15. The Morgan fingerprint density at radius 2 is 1.65 bits per heavy atom. The molecule has 1 atom stereocenters. The van der Waals surface area contributed by atoms with Gasteiger partial charge in [0.15, 0.2) is 0 Å². The first-order chi connectivity index (χ1) is 7.99. The smallest absolute Gasteiger partial charge is 0.00965 e. The summed E-state index contributed by atoms with van der Waals surface area (Å²) >= 11 is 0. The minimum Gasteiger partial charge on any atom is -0.312 e. The number of hydrogen-bond acceptors (Lipinski definition) is 2. The van der Waals surface area contributed by atoms with E-state index in [4.69, 9.17) is 0 Å². The number of nitrogens with one attached hydrogen (secondary N) is 1. The highest BCUT2D eigenvalue weighted by atomic mass is 15.1. The van der Waals surface area contributed by atoms with Crippen LogP contribution in [0.5, 0.6) is 0 Å². The van der Waals surface area contributed by atoms with E-state index in [0.29, 0.717) is 0 Å². The van der Waals surface area contributed by atoms with E-state index < -0.39 is 0 Å². The van der Waals surface area contributed by atoms with Crippen molar-refractivity contribution in [1.82, 2.24) is 10.2 Å². The molecular weight excluding hydrogens is 208 g/mol. The number of nitrogens with zero attached hydrogens (tertiary/aromatic N) is 1. The predicted molar refractivity (Wildman–Crippen MR) is 76.5 cm³/mol. The lowest BCUT2D eigenvalue weighted by Gasteiger charge is -2.28. The zero-order chi connectivity index (χ0) is 12.7. The van der Waals surface area contributed by atoms with E-state index in [2.05, 4.69) is 37.9 Å². The average Bonchev–Trinajstić information content (AvgIpc) is 2.51. The first kappa shape index (κ1) is 15.0. The van der Waals surface area contributed by atoms with Gasteiger partial charge in [0.25, 0.3) is 0 Å². The zero-order valence-electron chi connectivity index (χ0n) is 12.4. The van der Waals surface area contributed by atoms with Crippen molar-refractivity contribution in [3.05, 3.63) is 0 Å². The molecule has 0 aromatic rings. The lowest BCUT2D eigenvalue weighted by atomic mass is 10.1. The van der Waals surface area contributed by atoms with Gasteiger partial charge in [0.1, 0.15) is 0 Å². The third kappa shape index (κ3) is 7.05. The molecule has 0 aliphatic carbocycles. The molecule has 1 saturated heterocycles. The molecule has 0 radical (unpaired) electrons. The summed E-state index contributed by atoms with van der Waals surface area (Å²) in [6.45, 7) is 12.9. The van der Waals surface area contributed by atoms with E-state index >= 15 is 0 Å². The monoisotopic (exact) mass is 240 g/mol. The summed E-state index contributed by atoms with van der Waals surface area (Å²) in [6, 6.07) is 0.773. The van der Waals surface area contributed by atoms with E-state index in [1.807, 2.05) is 0 Å². The molecule has 17 heavy (non-hydrogen) atoms. The Bertz CT molecular complexity index is 188. The standard InChI is InChI=1S/C15H32N2/c1-14(10-9-11-16-15(2,3)4)17-12-7-5-6-8-13-17/h14,16H,5-13H2,1-4H3. The van der Waals surface area contributed by atoms with Crippen molar-refractivity contribution < 1.29 is 0 Å². The van der Waals surface area contributed by atoms with Gasteiger partial charge in [-0.2, -0.15) is 0 Å². The Balaban J connectivity index is 2.13. The molecule has 0 bridgehead atoms. The number of hydrogen-bond donors (Lipinski definition) is 1. The summed E-state index contributed by atoms with van der Waals surface area (Å²) in [5, 5.41) is 3.57. The van der Waals surface area contributed by atoms with Crippen LogP contribution >= 0.6 is 0 Å². The Morgan fingerprint density at radius 3 is 2.18 bits per heavy atom. The molecule has 102 valence electrons. The maximum Gasteiger partial charge on any atom is 0.00965 e. The molecule has 2 nitrogen and oxygen atoms in total. The first-order valence-corrected chi connectivity index (χ1v) is 7.48. The molecular formula is C15H32N2. The van der Waals surface area contributed by atoms with Crippen LogP contribution in [0, 0.1) is 0 Å². The van der Waals surface area contributed by atoms with Crippen molar-refractivity contribution >= 4 is 0 Å². The fraction of sp³-hybridized carbons (Fsp3) is 1.00. The van der Waals surface area contributed by atoms with Gasteiger partial charge in [0.05, 0.1) is 0 Å². The van der Waals surface area contributed by atoms with Gasteiger partial charge in [-0.15, -0.1) is 0 Å². The molecule has 1 unspecified atom stereocenters. The van der Waals surface area contributed by atoms with Gasteiger partial charge < -0.3 is 10.2 Å². The molecule has 2 heteroatoms. The van der Waals surface area contributed by atoms with E-state index in [0.717, 1.165) is 12.6 Å². The highest BCUT2D eigenvalue weighted by Gasteiger charge is 2.15. The van der Waals surface area contributed by atoms with Crippen LogP contribution in [0.1, 0.15) is 66.2 Å². The summed E-state index contributed by atoms with van der Waals surface area (Å²) in [4.78, 5) is 2.70. The van der Waals surface area contributed by atoms with Gasteiger partial charge in [0, 0.05) is 11.6 Å². The van der Waals surface area contributed by atoms with Crippen molar-refractivity contribution in [2.45, 2.75) is 77.8 Å². The average molecular weight is 240 g/mol. The largest absolute Gasteiger partial charge is 0.312 e. The Hall–Kier alpha value is -0.0800. The molecule has 1 aliphatic rings. The second-order valence-corrected chi connectivity index (χ2v) is 6.62. The highest BCUT2D eigenvalue weighted by molar-refractivity contribution is 4.73.